The van der Waals surface area contributed by atoms with Gasteiger partial charge in [0.15, 0.2) is 0 Å². The van der Waals surface area contributed by atoms with E-state index < -0.39 is 11.5 Å². The summed E-state index contributed by atoms with van der Waals surface area (Å²) in [5.74, 6) is 0.495. The maximum absolute atomic E-state index is 13.1. The van der Waals surface area contributed by atoms with Crippen molar-refractivity contribution in [2.24, 2.45) is 22.7 Å². The van der Waals surface area contributed by atoms with Crippen LogP contribution >= 0.6 is 0 Å². The van der Waals surface area contributed by atoms with Crippen LogP contribution in [-0.4, -0.2) is 35.5 Å². The molecule has 4 heteroatoms. The van der Waals surface area contributed by atoms with Crippen molar-refractivity contribution in [3.8, 4) is 0 Å². The maximum Gasteiger partial charge on any atom is 0.311 e. The number of aliphatic hydroxyl groups is 1. The van der Waals surface area contributed by atoms with Crippen molar-refractivity contribution in [1.29, 1.82) is 0 Å². The number of hydrogen-bond donors (Lipinski definition) is 1. The molecule has 0 heterocycles. The lowest BCUT2D eigenvalue weighted by Crippen LogP contribution is -2.46. The van der Waals surface area contributed by atoms with Crippen molar-refractivity contribution >= 4 is 5.97 Å². The Morgan fingerprint density at radius 1 is 0.903 bits per heavy atom. The average molecular weight is 433 g/mol. The van der Waals surface area contributed by atoms with E-state index in [1.54, 1.807) is 0 Å². The summed E-state index contributed by atoms with van der Waals surface area (Å²) >= 11 is 0. The summed E-state index contributed by atoms with van der Waals surface area (Å²) in [7, 11) is 0. The summed E-state index contributed by atoms with van der Waals surface area (Å²) < 4.78 is 12.5. The van der Waals surface area contributed by atoms with Gasteiger partial charge >= 0.3 is 5.97 Å². The van der Waals surface area contributed by atoms with E-state index in [0.29, 0.717) is 18.3 Å². The minimum atomic E-state index is -0.576. The van der Waals surface area contributed by atoms with Gasteiger partial charge in [0.1, 0.15) is 6.10 Å². The molecule has 0 aromatic rings. The van der Waals surface area contributed by atoms with Gasteiger partial charge in [-0.25, -0.2) is 0 Å². The Bertz CT molecular complexity index is 635. The number of rotatable bonds is 10. The van der Waals surface area contributed by atoms with Crippen LogP contribution in [0.5, 0.6) is 0 Å². The average Bonchev–Trinajstić information content (AvgIpc) is 2.74. The lowest BCUT2D eigenvalue weighted by Gasteiger charge is -2.40. The molecular weight excluding hydrogens is 388 g/mol. The van der Waals surface area contributed by atoms with E-state index in [9.17, 15) is 9.90 Å². The van der Waals surface area contributed by atoms with Crippen LogP contribution in [-0.2, 0) is 14.3 Å². The molecule has 2 rings (SSSR count). The molecule has 4 nitrogen and oxygen atoms in total. The van der Waals surface area contributed by atoms with Crippen LogP contribution in [0.4, 0.5) is 0 Å². The zero-order chi connectivity index (χ0) is 23.2. The molecular formula is C27H44O4. The largest absolute Gasteiger partial charge is 0.459 e. The number of carbonyl (C=O) groups is 1. The fourth-order valence-corrected chi connectivity index (χ4v) is 4.51. The minimum Gasteiger partial charge on any atom is -0.459 e. The number of carbonyl (C=O) groups excluding carboxylic acids is 1. The second-order valence-electron chi connectivity index (χ2n) is 10.9. The van der Waals surface area contributed by atoms with Crippen molar-refractivity contribution in [2.45, 2.75) is 103 Å². The molecule has 0 bridgehead atoms. The Morgan fingerprint density at radius 2 is 1.48 bits per heavy atom. The Labute approximate surface area is 189 Å². The Morgan fingerprint density at radius 3 is 2.03 bits per heavy atom. The first kappa shape index (κ1) is 25.9. The Hall–Kier alpha value is -1.39. The third-order valence-corrected chi connectivity index (χ3v) is 7.34. The summed E-state index contributed by atoms with van der Waals surface area (Å²) in [6.45, 7) is 19.9. The zero-order valence-corrected chi connectivity index (χ0v) is 20.1. The van der Waals surface area contributed by atoms with E-state index in [-0.39, 0.29) is 29.7 Å². The molecule has 6 unspecified atom stereocenters. The van der Waals surface area contributed by atoms with Gasteiger partial charge in [0, 0.05) is 0 Å². The number of aliphatic hydroxyl groups excluding tert-OH is 1. The van der Waals surface area contributed by atoms with Gasteiger partial charge in [0.25, 0.3) is 0 Å². The summed E-state index contributed by atoms with van der Waals surface area (Å²) in [5.41, 5.74) is -0.587. The molecule has 2 aliphatic rings. The summed E-state index contributed by atoms with van der Waals surface area (Å²) in [5, 5.41) is 10.6. The highest BCUT2D eigenvalue weighted by atomic mass is 16.6. The quantitative estimate of drug-likeness (QED) is 0.340. The molecule has 0 aromatic heterocycles. The van der Waals surface area contributed by atoms with Gasteiger partial charge in [-0.1, -0.05) is 32.1 Å². The summed E-state index contributed by atoms with van der Waals surface area (Å²) in [6.07, 6.45) is 11.2. The molecule has 2 aliphatic carbocycles. The number of allylic oxidation sites excluding steroid dienone is 3. The molecule has 2 saturated carbocycles. The van der Waals surface area contributed by atoms with Crippen LogP contribution in [0.1, 0.15) is 79.1 Å². The lowest BCUT2D eigenvalue weighted by molar-refractivity contribution is -0.185. The minimum absolute atomic E-state index is 0.0115. The predicted molar refractivity (Wildman–Crippen MR) is 127 cm³/mol. The van der Waals surface area contributed by atoms with E-state index in [0.717, 1.165) is 44.9 Å². The topological polar surface area (TPSA) is 55.8 Å². The van der Waals surface area contributed by atoms with Crippen LogP contribution in [0.2, 0.25) is 0 Å². The van der Waals surface area contributed by atoms with Crippen LogP contribution in [0.3, 0.4) is 0 Å². The fourth-order valence-electron chi connectivity index (χ4n) is 4.51. The first-order chi connectivity index (χ1) is 14.5. The van der Waals surface area contributed by atoms with Crippen molar-refractivity contribution < 1.29 is 19.4 Å². The van der Waals surface area contributed by atoms with E-state index in [2.05, 4.69) is 33.6 Å². The highest BCUT2D eigenvalue weighted by Crippen LogP contribution is 2.37. The normalized spacial score (nSPS) is 32.2. The molecule has 0 aliphatic heterocycles. The summed E-state index contributed by atoms with van der Waals surface area (Å²) in [4.78, 5) is 13.1. The van der Waals surface area contributed by atoms with Crippen LogP contribution in [0, 0.1) is 22.7 Å². The third kappa shape index (κ3) is 7.32. The molecule has 0 spiro atoms. The Kier molecular flexibility index (Phi) is 9.14. The highest BCUT2D eigenvalue weighted by molar-refractivity contribution is 5.76. The maximum atomic E-state index is 13.1. The summed E-state index contributed by atoms with van der Waals surface area (Å²) in [6, 6.07) is 0. The van der Waals surface area contributed by atoms with E-state index >= 15 is 0 Å². The second-order valence-corrected chi connectivity index (χ2v) is 10.9. The molecule has 31 heavy (non-hydrogen) atoms. The monoisotopic (exact) mass is 432 g/mol. The van der Waals surface area contributed by atoms with Gasteiger partial charge in [-0.2, -0.15) is 0 Å². The number of hydrogen-bond acceptors (Lipinski definition) is 4. The van der Waals surface area contributed by atoms with E-state index in [1.165, 1.54) is 0 Å². The van der Waals surface area contributed by atoms with Gasteiger partial charge in [-0.3, -0.25) is 4.79 Å². The van der Waals surface area contributed by atoms with Crippen molar-refractivity contribution in [2.75, 3.05) is 0 Å². The number of esters is 1. The molecule has 0 aromatic carbocycles. The number of ether oxygens (including phenoxy) is 2. The van der Waals surface area contributed by atoms with E-state index in [1.807, 2.05) is 32.1 Å². The van der Waals surface area contributed by atoms with Gasteiger partial charge in [0.2, 0.25) is 0 Å². The Balaban J connectivity index is 2.03. The van der Waals surface area contributed by atoms with E-state index in [4.69, 9.17) is 9.47 Å². The van der Waals surface area contributed by atoms with Crippen LogP contribution in [0.25, 0.3) is 0 Å². The van der Waals surface area contributed by atoms with Gasteiger partial charge in [0.05, 0.1) is 23.7 Å². The smallest absolute Gasteiger partial charge is 0.311 e. The SMILES string of the molecule is C=CC1CCC(OC2CCC(C=C)CC2OC(=O)C(C)(C)CCC(C)(C)C=C)C(O)C1. The molecule has 0 amide bonds. The predicted octanol–water partition coefficient (Wildman–Crippen LogP) is 6.00. The van der Waals surface area contributed by atoms with Crippen molar-refractivity contribution in [3.05, 3.63) is 38.0 Å². The van der Waals surface area contributed by atoms with Crippen molar-refractivity contribution in [3.63, 3.8) is 0 Å². The van der Waals surface area contributed by atoms with Crippen LogP contribution in [0.15, 0.2) is 38.0 Å². The van der Waals surface area contributed by atoms with Gasteiger partial charge < -0.3 is 14.6 Å². The van der Waals surface area contributed by atoms with Gasteiger partial charge in [-0.15, -0.1) is 19.7 Å². The fraction of sp³-hybridized carbons (Fsp3) is 0.741. The zero-order valence-electron chi connectivity index (χ0n) is 20.1. The lowest BCUT2D eigenvalue weighted by atomic mass is 9.79. The van der Waals surface area contributed by atoms with Crippen LogP contribution < -0.4 is 0 Å². The molecule has 176 valence electrons. The molecule has 6 atom stereocenters. The van der Waals surface area contributed by atoms with Crippen molar-refractivity contribution in [1.82, 2.24) is 0 Å². The molecule has 2 fully saturated rings. The second kappa shape index (κ2) is 11.0. The standard InChI is InChI=1S/C27H44O4/c1-8-19-11-13-22(21(28)17-19)30-23-14-12-20(9-2)18-24(23)31-25(29)27(6,7)16-15-26(4,5)10-3/h8-10,19-24,28H,1-3,11-18H2,4-7H3. The first-order valence-electron chi connectivity index (χ1n) is 11.9. The highest BCUT2D eigenvalue weighted by Gasteiger charge is 2.40. The molecule has 1 N–H and O–H groups in total. The molecule has 0 saturated heterocycles. The molecule has 0 radical (unpaired) electrons. The first-order valence-corrected chi connectivity index (χ1v) is 11.9. The van der Waals surface area contributed by atoms with Gasteiger partial charge in [-0.05, 0) is 82.5 Å². The third-order valence-electron chi connectivity index (χ3n) is 7.34.